The summed E-state index contributed by atoms with van der Waals surface area (Å²) in [6.45, 7) is 1.44. The summed E-state index contributed by atoms with van der Waals surface area (Å²) in [6.07, 6.45) is -5.24. The van der Waals surface area contributed by atoms with Crippen molar-refractivity contribution in [2.75, 3.05) is 12.4 Å². The molecule has 0 saturated carbocycles. The Labute approximate surface area is 108 Å². The number of rotatable bonds is 4. The fraction of sp³-hybridized carbons (Fsp3) is 0.417. The van der Waals surface area contributed by atoms with Crippen LogP contribution < -0.4 is 11.1 Å². The Hall–Kier alpha value is -1.60. The number of benzene rings is 1. The van der Waals surface area contributed by atoms with Crippen LogP contribution >= 0.6 is 0 Å². The molecule has 106 valence electrons. The van der Waals surface area contributed by atoms with Crippen LogP contribution in [-0.2, 0) is 22.3 Å². The van der Waals surface area contributed by atoms with Gasteiger partial charge in [-0.1, -0.05) is 0 Å². The lowest BCUT2D eigenvalue weighted by molar-refractivity contribution is -0.137. The summed E-state index contributed by atoms with van der Waals surface area (Å²) in [6, 6.07) is 3.21. The summed E-state index contributed by atoms with van der Waals surface area (Å²) < 4.78 is 42.8. The molecule has 1 amide bonds. The van der Waals surface area contributed by atoms with Crippen LogP contribution in [0.5, 0.6) is 0 Å². The minimum Gasteiger partial charge on any atom is -0.372 e. The maximum atomic E-state index is 12.7. The van der Waals surface area contributed by atoms with Gasteiger partial charge in [-0.15, -0.1) is 0 Å². The van der Waals surface area contributed by atoms with Crippen molar-refractivity contribution in [2.24, 2.45) is 5.73 Å². The second-order valence-electron chi connectivity index (χ2n) is 3.99. The Morgan fingerprint density at radius 2 is 2.05 bits per heavy atom. The predicted octanol–water partition coefficient (Wildman–Crippen LogP) is 2.14. The Morgan fingerprint density at radius 1 is 1.42 bits per heavy atom. The highest BCUT2D eigenvalue weighted by atomic mass is 19.4. The lowest BCUT2D eigenvalue weighted by atomic mass is 10.1. The molecule has 0 aliphatic carbocycles. The van der Waals surface area contributed by atoms with E-state index in [0.29, 0.717) is 0 Å². The number of anilines is 1. The molecule has 0 aliphatic heterocycles. The van der Waals surface area contributed by atoms with E-state index in [1.807, 2.05) is 0 Å². The third kappa shape index (κ3) is 4.22. The van der Waals surface area contributed by atoms with Crippen molar-refractivity contribution in [2.45, 2.75) is 25.7 Å². The van der Waals surface area contributed by atoms with Crippen LogP contribution in [0.1, 0.15) is 18.1 Å². The topological polar surface area (TPSA) is 64.3 Å². The smallest absolute Gasteiger partial charge is 0.372 e. The lowest BCUT2D eigenvalue weighted by Gasteiger charge is -2.14. The summed E-state index contributed by atoms with van der Waals surface area (Å²) in [5, 5.41) is 2.36. The van der Waals surface area contributed by atoms with Crippen LogP contribution in [0, 0.1) is 0 Å². The van der Waals surface area contributed by atoms with Crippen molar-refractivity contribution in [1.82, 2.24) is 0 Å². The first-order valence-electron chi connectivity index (χ1n) is 5.52. The van der Waals surface area contributed by atoms with Crippen molar-refractivity contribution >= 4 is 11.6 Å². The second-order valence-corrected chi connectivity index (χ2v) is 3.99. The largest absolute Gasteiger partial charge is 0.416 e. The molecule has 3 N–H and O–H groups in total. The van der Waals surface area contributed by atoms with Gasteiger partial charge in [0.1, 0.15) is 6.10 Å². The van der Waals surface area contributed by atoms with Crippen LogP contribution in [0.25, 0.3) is 0 Å². The maximum Gasteiger partial charge on any atom is 0.416 e. The van der Waals surface area contributed by atoms with Crippen molar-refractivity contribution in [3.8, 4) is 0 Å². The first kappa shape index (κ1) is 15.5. The molecule has 19 heavy (non-hydrogen) atoms. The van der Waals surface area contributed by atoms with Gasteiger partial charge < -0.3 is 15.8 Å². The number of carbonyl (C=O) groups excluding carboxylic acids is 1. The summed E-state index contributed by atoms with van der Waals surface area (Å²) >= 11 is 0. The number of ether oxygens (including phenoxy) is 1. The van der Waals surface area contributed by atoms with Crippen molar-refractivity contribution in [3.63, 3.8) is 0 Å². The zero-order valence-corrected chi connectivity index (χ0v) is 10.5. The van der Waals surface area contributed by atoms with E-state index in [4.69, 9.17) is 10.5 Å². The molecular formula is C12H15F3N2O2. The van der Waals surface area contributed by atoms with Gasteiger partial charge in [0.05, 0.1) is 5.56 Å². The first-order valence-corrected chi connectivity index (χ1v) is 5.52. The Balaban J connectivity index is 3.04. The van der Waals surface area contributed by atoms with E-state index in [-0.39, 0.29) is 17.8 Å². The average Bonchev–Trinajstić information content (AvgIpc) is 2.36. The van der Waals surface area contributed by atoms with Crippen molar-refractivity contribution < 1.29 is 22.7 Å². The van der Waals surface area contributed by atoms with E-state index in [1.54, 1.807) is 0 Å². The Morgan fingerprint density at radius 3 is 2.53 bits per heavy atom. The van der Waals surface area contributed by atoms with Crippen molar-refractivity contribution in [1.29, 1.82) is 0 Å². The van der Waals surface area contributed by atoms with Gasteiger partial charge in [0.15, 0.2) is 0 Å². The fourth-order valence-electron chi connectivity index (χ4n) is 1.40. The van der Waals surface area contributed by atoms with E-state index in [2.05, 4.69) is 5.32 Å². The lowest BCUT2D eigenvalue weighted by Crippen LogP contribution is -2.26. The average molecular weight is 276 g/mol. The van der Waals surface area contributed by atoms with E-state index >= 15 is 0 Å². The van der Waals surface area contributed by atoms with Gasteiger partial charge in [0, 0.05) is 19.3 Å². The van der Waals surface area contributed by atoms with Gasteiger partial charge in [-0.25, -0.2) is 0 Å². The molecule has 1 unspecified atom stereocenters. The quantitative estimate of drug-likeness (QED) is 0.885. The first-order chi connectivity index (χ1) is 8.77. The SMILES string of the molecule is COC(C)C(=O)Nc1cc(CN)cc(C(F)(F)F)c1. The summed E-state index contributed by atoms with van der Waals surface area (Å²) in [4.78, 5) is 11.6. The summed E-state index contributed by atoms with van der Waals surface area (Å²) in [5.74, 6) is -0.523. The third-order valence-corrected chi connectivity index (χ3v) is 2.55. The molecule has 0 radical (unpaired) electrons. The molecule has 0 heterocycles. The molecule has 0 aliphatic rings. The number of hydrogen-bond acceptors (Lipinski definition) is 3. The zero-order chi connectivity index (χ0) is 14.6. The van der Waals surface area contributed by atoms with Crippen LogP contribution in [0.15, 0.2) is 18.2 Å². The molecule has 0 aromatic heterocycles. The molecule has 0 saturated heterocycles. The number of methoxy groups -OCH3 is 1. The van der Waals surface area contributed by atoms with Crippen LogP contribution in [-0.4, -0.2) is 19.1 Å². The van der Waals surface area contributed by atoms with Crippen LogP contribution in [0.4, 0.5) is 18.9 Å². The predicted molar refractivity (Wildman–Crippen MR) is 64.4 cm³/mol. The Bertz CT molecular complexity index is 461. The minimum absolute atomic E-state index is 0.0455. The minimum atomic E-state index is -4.49. The van der Waals surface area contributed by atoms with Crippen LogP contribution in [0.2, 0.25) is 0 Å². The van der Waals surface area contributed by atoms with Gasteiger partial charge in [0.25, 0.3) is 5.91 Å². The molecule has 1 rings (SSSR count). The molecule has 0 bridgehead atoms. The molecule has 4 nitrogen and oxygen atoms in total. The molecule has 1 aromatic carbocycles. The zero-order valence-electron chi connectivity index (χ0n) is 10.5. The number of nitrogens with two attached hydrogens (primary N) is 1. The fourth-order valence-corrected chi connectivity index (χ4v) is 1.40. The second kappa shape index (κ2) is 6.03. The molecule has 0 spiro atoms. The van der Waals surface area contributed by atoms with Crippen LogP contribution in [0.3, 0.4) is 0 Å². The molecule has 1 aromatic rings. The number of halogens is 3. The number of alkyl halides is 3. The van der Waals surface area contributed by atoms with Gasteiger partial charge in [-0.05, 0) is 30.7 Å². The van der Waals surface area contributed by atoms with E-state index in [9.17, 15) is 18.0 Å². The van der Waals surface area contributed by atoms with Gasteiger partial charge >= 0.3 is 6.18 Å². The maximum absolute atomic E-state index is 12.7. The highest BCUT2D eigenvalue weighted by molar-refractivity contribution is 5.94. The molecule has 1 atom stereocenters. The number of amides is 1. The van der Waals surface area contributed by atoms with E-state index < -0.39 is 23.8 Å². The van der Waals surface area contributed by atoms with E-state index in [1.165, 1.54) is 20.1 Å². The Kier molecular flexibility index (Phi) is 4.90. The normalized spacial score (nSPS) is 13.2. The third-order valence-electron chi connectivity index (χ3n) is 2.55. The number of hydrogen-bond donors (Lipinski definition) is 2. The number of nitrogens with one attached hydrogen (secondary N) is 1. The summed E-state index contributed by atoms with van der Waals surface area (Å²) in [7, 11) is 1.34. The van der Waals surface area contributed by atoms with Gasteiger partial charge in [-0.3, -0.25) is 4.79 Å². The monoisotopic (exact) mass is 276 g/mol. The van der Waals surface area contributed by atoms with Crippen molar-refractivity contribution in [3.05, 3.63) is 29.3 Å². The number of carbonyl (C=O) groups is 1. The molecule has 7 heteroatoms. The summed E-state index contributed by atoms with van der Waals surface area (Å²) in [5.41, 5.74) is 4.82. The molecule has 0 fully saturated rings. The highest BCUT2D eigenvalue weighted by Crippen LogP contribution is 2.32. The van der Waals surface area contributed by atoms with Gasteiger partial charge in [-0.2, -0.15) is 13.2 Å². The van der Waals surface area contributed by atoms with E-state index in [0.717, 1.165) is 12.1 Å². The molecular weight excluding hydrogens is 261 g/mol. The highest BCUT2D eigenvalue weighted by Gasteiger charge is 2.31. The van der Waals surface area contributed by atoms with Gasteiger partial charge in [0.2, 0.25) is 0 Å². The standard InChI is InChI=1S/C12H15F3N2O2/c1-7(19-2)11(18)17-10-4-8(6-16)3-9(5-10)12(13,14)15/h3-5,7H,6,16H2,1-2H3,(H,17,18).